The quantitative estimate of drug-likeness (QED) is 0.727. The molecule has 1 heterocycles. The van der Waals surface area contributed by atoms with Crippen molar-refractivity contribution in [2.45, 2.75) is 46.5 Å². The molecule has 0 saturated carbocycles. The van der Waals surface area contributed by atoms with Crippen LogP contribution in [0.3, 0.4) is 0 Å². The topological polar surface area (TPSA) is 21.7 Å². The molecule has 0 aromatic heterocycles. The SMILES string of the molecule is CCOC=C1CCCC2=C1Oc1cc(N(CC)CC)ccc1C2. The number of nitrogens with zero attached hydrogens (tertiary/aromatic N) is 1. The van der Waals surface area contributed by atoms with Crippen molar-refractivity contribution in [1.29, 1.82) is 0 Å². The van der Waals surface area contributed by atoms with Gasteiger partial charge in [-0.1, -0.05) is 6.07 Å². The fourth-order valence-corrected chi connectivity index (χ4v) is 3.46. The van der Waals surface area contributed by atoms with Crippen LogP contribution in [0, 0.1) is 0 Å². The van der Waals surface area contributed by atoms with Crippen LogP contribution in [0.4, 0.5) is 5.69 Å². The minimum Gasteiger partial charge on any atom is -0.501 e. The standard InChI is InChI=1S/C20H27NO2/c1-4-21(5-2)18-11-10-15-12-16-8-7-9-17(14-22-6-3)20(16)23-19(15)13-18/h10-11,13-14H,4-9,12H2,1-3H3. The van der Waals surface area contributed by atoms with Crippen LogP contribution < -0.4 is 9.64 Å². The van der Waals surface area contributed by atoms with E-state index in [1.807, 2.05) is 13.2 Å². The van der Waals surface area contributed by atoms with Gasteiger partial charge in [0.15, 0.2) is 0 Å². The molecule has 3 heteroatoms. The van der Waals surface area contributed by atoms with Gasteiger partial charge in [0.05, 0.1) is 12.9 Å². The minimum atomic E-state index is 0.703. The van der Waals surface area contributed by atoms with Gasteiger partial charge in [0.25, 0.3) is 0 Å². The van der Waals surface area contributed by atoms with Gasteiger partial charge in [-0.25, -0.2) is 0 Å². The summed E-state index contributed by atoms with van der Waals surface area (Å²) < 4.78 is 11.9. The van der Waals surface area contributed by atoms with E-state index in [1.54, 1.807) is 0 Å². The molecule has 0 N–H and O–H groups in total. The second-order valence-electron chi connectivity index (χ2n) is 6.13. The molecule has 23 heavy (non-hydrogen) atoms. The van der Waals surface area contributed by atoms with Crippen molar-refractivity contribution < 1.29 is 9.47 Å². The Morgan fingerprint density at radius 2 is 2.00 bits per heavy atom. The first-order chi connectivity index (χ1) is 11.3. The number of fused-ring (bicyclic) bond motifs is 1. The Kier molecular flexibility index (Phi) is 4.94. The van der Waals surface area contributed by atoms with E-state index >= 15 is 0 Å². The maximum atomic E-state index is 6.33. The van der Waals surface area contributed by atoms with Gasteiger partial charge >= 0.3 is 0 Å². The summed E-state index contributed by atoms with van der Waals surface area (Å²) in [4.78, 5) is 2.35. The molecule has 0 unspecified atom stereocenters. The van der Waals surface area contributed by atoms with Gasteiger partial charge in [0, 0.05) is 36.8 Å². The smallest absolute Gasteiger partial charge is 0.133 e. The Balaban J connectivity index is 1.90. The first-order valence-electron chi connectivity index (χ1n) is 8.85. The Bertz CT molecular complexity index is 627. The lowest BCUT2D eigenvalue weighted by atomic mass is 9.88. The van der Waals surface area contributed by atoms with Crippen molar-refractivity contribution in [3.05, 3.63) is 46.9 Å². The number of allylic oxidation sites excluding steroid dienone is 2. The average Bonchev–Trinajstić information content (AvgIpc) is 2.59. The van der Waals surface area contributed by atoms with Gasteiger partial charge in [0.2, 0.25) is 0 Å². The van der Waals surface area contributed by atoms with Crippen molar-refractivity contribution >= 4 is 5.69 Å². The summed E-state index contributed by atoms with van der Waals surface area (Å²) in [6.45, 7) is 9.12. The van der Waals surface area contributed by atoms with Gasteiger partial charge < -0.3 is 14.4 Å². The molecular formula is C20H27NO2. The zero-order valence-corrected chi connectivity index (χ0v) is 14.5. The zero-order valence-electron chi connectivity index (χ0n) is 14.5. The molecule has 1 aromatic carbocycles. The van der Waals surface area contributed by atoms with Crippen molar-refractivity contribution in [2.75, 3.05) is 24.6 Å². The molecule has 3 nitrogen and oxygen atoms in total. The van der Waals surface area contributed by atoms with Gasteiger partial charge in [0.1, 0.15) is 11.5 Å². The second kappa shape index (κ2) is 7.12. The molecule has 2 aliphatic rings. The number of hydrogen-bond donors (Lipinski definition) is 0. The third kappa shape index (κ3) is 3.24. The van der Waals surface area contributed by atoms with E-state index < -0.39 is 0 Å². The molecule has 0 radical (unpaired) electrons. The normalized spacial score (nSPS) is 18.3. The predicted octanol–water partition coefficient (Wildman–Crippen LogP) is 4.83. The molecule has 1 aliphatic carbocycles. The average molecular weight is 313 g/mol. The third-order valence-corrected chi connectivity index (χ3v) is 4.72. The van der Waals surface area contributed by atoms with Crippen molar-refractivity contribution in [2.24, 2.45) is 0 Å². The van der Waals surface area contributed by atoms with Gasteiger partial charge in [-0.2, -0.15) is 0 Å². The van der Waals surface area contributed by atoms with Crippen LogP contribution in [0.2, 0.25) is 0 Å². The molecule has 0 amide bonds. The summed E-state index contributed by atoms with van der Waals surface area (Å²) in [6, 6.07) is 6.65. The molecule has 0 spiro atoms. The molecule has 124 valence electrons. The molecular weight excluding hydrogens is 286 g/mol. The summed E-state index contributed by atoms with van der Waals surface area (Å²) in [6.07, 6.45) is 6.27. The van der Waals surface area contributed by atoms with Crippen molar-refractivity contribution in [1.82, 2.24) is 0 Å². The number of ether oxygens (including phenoxy) is 2. The summed E-state index contributed by atoms with van der Waals surface area (Å²) in [7, 11) is 0. The zero-order chi connectivity index (χ0) is 16.2. The second-order valence-corrected chi connectivity index (χ2v) is 6.13. The number of rotatable bonds is 5. The Labute approximate surface area is 139 Å². The Morgan fingerprint density at radius 3 is 2.74 bits per heavy atom. The lowest BCUT2D eigenvalue weighted by Gasteiger charge is -2.30. The van der Waals surface area contributed by atoms with Gasteiger partial charge in [-0.15, -0.1) is 0 Å². The predicted molar refractivity (Wildman–Crippen MR) is 94.9 cm³/mol. The monoisotopic (exact) mass is 313 g/mol. The maximum absolute atomic E-state index is 6.33. The van der Waals surface area contributed by atoms with Crippen LogP contribution in [0.15, 0.2) is 41.4 Å². The van der Waals surface area contributed by atoms with Crippen LogP contribution in [0.25, 0.3) is 0 Å². The van der Waals surface area contributed by atoms with E-state index in [0.717, 1.165) is 43.9 Å². The maximum Gasteiger partial charge on any atom is 0.133 e. The number of anilines is 1. The molecule has 0 bridgehead atoms. The van der Waals surface area contributed by atoms with Crippen LogP contribution >= 0.6 is 0 Å². The minimum absolute atomic E-state index is 0.703. The fourth-order valence-electron chi connectivity index (χ4n) is 3.46. The lowest BCUT2D eigenvalue weighted by molar-refractivity contribution is 0.261. The van der Waals surface area contributed by atoms with Crippen LogP contribution in [-0.4, -0.2) is 19.7 Å². The number of benzene rings is 1. The van der Waals surface area contributed by atoms with E-state index in [0.29, 0.717) is 6.61 Å². The van der Waals surface area contributed by atoms with Crippen LogP contribution in [0.1, 0.15) is 45.6 Å². The van der Waals surface area contributed by atoms with Gasteiger partial charge in [-0.05, 0) is 57.2 Å². The first-order valence-corrected chi connectivity index (χ1v) is 8.85. The van der Waals surface area contributed by atoms with E-state index in [-0.39, 0.29) is 0 Å². The van der Waals surface area contributed by atoms with E-state index in [9.17, 15) is 0 Å². The molecule has 1 aromatic rings. The summed E-state index contributed by atoms with van der Waals surface area (Å²) >= 11 is 0. The largest absolute Gasteiger partial charge is 0.501 e. The highest BCUT2D eigenvalue weighted by Gasteiger charge is 2.26. The van der Waals surface area contributed by atoms with E-state index in [4.69, 9.17) is 9.47 Å². The summed E-state index contributed by atoms with van der Waals surface area (Å²) in [5, 5.41) is 0. The third-order valence-electron chi connectivity index (χ3n) is 4.72. The Morgan fingerprint density at radius 1 is 1.17 bits per heavy atom. The molecule has 0 atom stereocenters. The molecule has 3 rings (SSSR count). The Hall–Kier alpha value is -1.90. The highest BCUT2D eigenvalue weighted by atomic mass is 16.5. The number of hydrogen-bond acceptors (Lipinski definition) is 3. The van der Waals surface area contributed by atoms with E-state index in [1.165, 1.54) is 28.8 Å². The first kappa shape index (κ1) is 16.0. The fraction of sp³-hybridized carbons (Fsp3) is 0.500. The molecule has 0 saturated heterocycles. The highest BCUT2D eigenvalue weighted by molar-refractivity contribution is 5.57. The highest BCUT2D eigenvalue weighted by Crippen LogP contribution is 2.40. The molecule has 0 fully saturated rings. The van der Waals surface area contributed by atoms with E-state index in [2.05, 4.69) is 36.9 Å². The lowest BCUT2D eigenvalue weighted by Crippen LogP contribution is -2.22. The van der Waals surface area contributed by atoms with Crippen LogP contribution in [-0.2, 0) is 11.2 Å². The molecule has 1 aliphatic heterocycles. The summed E-state index contributed by atoms with van der Waals surface area (Å²) in [5.41, 5.74) is 5.18. The van der Waals surface area contributed by atoms with Gasteiger partial charge in [-0.3, -0.25) is 0 Å². The van der Waals surface area contributed by atoms with Crippen LogP contribution in [0.5, 0.6) is 5.75 Å². The van der Waals surface area contributed by atoms with Crippen molar-refractivity contribution in [3.8, 4) is 5.75 Å². The van der Waals surface area contributed by atoms with Crippen molar-refractivity contribution in [3.63, 3.8) is 0 Å². The summed E-state index contributed by atoms with van der Waals surface area (Å²) in [5.74, 6) is 2.08.